The highest BCUT2D eigenvalue weighted by Gasteiger charge is 2.38. The maximum absolute atomic E-state index is 13.5. The van der Waals surface area contributed by atoms with Crippen molar-refractivity contribution >= 4 is 0 Å². The molecule has 0 amide bonds. The summed E-state index contributed by atoms with van der Waals surface area (Å²) in [7, 11) is 0. The van der Waals surface area contributed by atoms with E-state index in [9.17, 15) is 9.65 Å². The molecule has 0 unspecified atom stereocenters. The number of hydrogen-bond donors (Lipinski definition) is 1. The van der Waals surface area contributed by atoms with Crippen molar-refractivity contribution in [3.8, 4) is 6.07 Å². The lowest BCUT2D eigenvalue weighted by atomic mass is 9.77. The molecule has 0 aromatic heterocycles. The van der Waals surface area contributed by atoms with E-state index in [-0.39, 0.29) is 17.8 Å². The summed E-state index contributed by atoms with van der Waals surface area (Å²) in [6.07, 6.45) is 5.49. The minimum atomic E-state index is -0.746. The number of likely N-dealkylation sites (tertiary alicyclic amines) is 1. The van der Waals surface area contributed by atoms with Crippen molar-refractivity contribution in [3.05, 3.63) is 23.7 Å². The molecule has 2 rings (SSSR count). The van der Waals surface area contributed by atoms with Crippen LogP contribution in [0.25, 0.3) is 0 Å². The number of piperidine rings is 1. The first-order chi connectivity index (χ1) is 9.26. The molecule has 4 heteroatoms. The second-order valence-electron chi connectivity index (χ2n) is 6.87. The van der Waals surface area contributed by atoms with Gasteiger partial charge in [-0.15, -0.1) is 0 Å². The molecule has 0 spiro atoms. The van der Waals surface area contributed by atoms with Crippen LogP contribution in [0.1, 0.15) is 40.0 Å². The largest absolute Gasteiger partial charge is 0.373 e. The summed E-state index contributed by atoms with van der Waals surface area (Å²) in [6, 6.07) is 2.28. The molecule has 1 saturated heterocycles. The van der Waals surface area contributed by atoms with Crippen LogP contribution >= 0.6 is 0 Å². The van der Waals surface area contributed by atoms with Gasteiger partial charge in [0, 0.05) is 30.7 Å². The van der Waals surface area contributed by atoms with Crippen LogP contribution < -0.4 is 5.73 Å². The normalized spacial score (nSPS) is 28.7. The van der Waals surface area contributed by atoms with E-state index in [4.69, 9.17) is 5.73 Å². The van der Waals surface area contributed by atoms with Crippen LogP contribution in [0.2, 0.25) is 0 Å². The van der Waals surface area contributed by atoms with Gasteiger partial charge in [-0.3, -0.25) is 0 Å². The molecule has 0 bridgehead atoms. The molecular formula is C16H24FN3. The quantitative estimate of drug-likeness (QED) is 0.843. The fraction of sp³-hybridized carbons (Fsp3) is 0.688. The monoisotopic (exact) mass is 277 g/mol. The predicted molar refractivity (Wildman–Crippen MR) is 78.2 cm³/mol. The number of nitrogens with zero attached hydrogens (tertiary/aromatic N) is 2. The fourth-order valence-corrected chi connectivity index (χ4v) is 3.26. The number of nitrogens with two attached hydrogens (primary N) is 1. The summed E-state index contributed by atoms with van der Waals surface area (Å²) in [5.74, 6) is 0.291. The highest BCUT2D eigenvalue weighted by atomic mass is 19.1. The Morgan fingerprint density at radius 1 is 1.40 bits per heavy atom. The molecule has 0 saturated carbocycles. The average Bonchev–Trinajstić information content (AvgIpc) is 2.38. The molecule has 3 nitrogen and oxygen atoms in total. The van der Waals surface area contributed by atoms with Gasteiger partial charge in [0.2, 0.25) is 0 Å². The molecule has 110 valence electrons. The molecule has 1 heterocycles. The van der Waals surface area contributed by atoms with Gasteiger partial charge in [-0.25, -0.2) is 4.39 Å². The molecule has 20 heavy (non-hydrogen) atoms. The van der Waals surface area contributed by atoms with Gasteiger partial charge in [-0.1, -0.05) is 0 Å². The zero-order valence-corrected chi connectivity index (χ0v) is 12.6. The second-order valence-corrected chi connectivity index (χ2v) is 6.87. The third kappa shape index (κ3) is 2.88. The maximum atomic E-state index is 13.5. The Morgan fingerprint density at radius 2 is 2.00 bits per heavy atom. The summed E-state index contributed by atoms with van der Waals surface area (Å²) in [6.45, 7) is 7.76. The molecule has 1 aliphatic heterocycles. The van der Waals surface area contributed by atoms with E-state index in [1.807, 2.05) is 6.92 Å². The van der Waals surface area contributed by atoms with E-state index in [1.54, 1.807) is 6.08 Å². The van der Waals surface area contributed by atoms with Crippen molar-refractivity contribution < 1.29 is 4.39 Å². The van der Waals surface area contributed by atoms with E-state index < -0.39 is 5.41 Å². The minimum absolute atomic E-state index is 0.155. The molecule has 1 aliphatic carbocycles. The Morgan fingerprint density at radius 3 is 2.50 bits per heavy atom. The van der Waals surface area contributed by atoms with E-state index >= 15 is 0 Å². The van der Waals surface area contributed by atoms with E-state index in [2.05, 4.69) is 24.8 Å². The van der Waals surface area contributed by atoms with Crippen LogP contribution in [0.3, 0.4) is 0 Å². The van der Waals surface area contributed by atoms with E-state index in [1.165, 1.54) is 6.08 Å². The molecule has 1 atom stereocenters. The van der Waals surface area contributed by atoms with Crippen molar-refractivity contribution in [2.45, 2.75) is 45.6 Å². The summed E-state index contributed by atoms with van der Waals surface area (Å²) < 4.78 is 13.5. The number of allylic oxidation sites excluding steroid dienone is 4. The first-order valence-corrected chi connectivity index (χ1v) is 7.28. The number of halogens is 1. The summed E-state index contributed by atoms with van der Waals surface area (Å²) >= 11 is 0. The lowest BCUT2D eigenvalue weighted by molar-refractivity contribution is 0.151. The number of nitriles is 1. The average molecular weight is 277 g/mol. The molecule has 0 aromatic carbocycles. The van der Waals surface area contributed by atoms with Gasteiger partial charge in [0.15, 0.2) is 0 Å². The Balaban J connectivity index is 2.12. The summed E-state index contributed by atoms with van der Waals surface area (Å²) in [4.78, 5) is 2.23. The first kappa shape index (κ1) is 15.1. The van der Waals surface area contributed by atoms with Gasteiger partial charge in [0.25, 0.3) is 0 Å². The van der Waals surface area contributed by atoms with Crippen molar-refractivity contribution in [3.63, 3.8) is 0 Å². The second kappa shape index (κ2) is 5.21. The SMILES string of the molecule is CC(C)(N)C1CCN(C2=CC=C(F)C[C@@]2(C)C#N)CC1. The standard InChI is InChI=1S/C16H24FN3/c1-15(2,19)12-6-8-20(9-7-12)14-5-4-13(17)10-16(14,3)11-18/h4-5,12H,6-10,19H2,1-3H3/t16-/m0/s1. The first-order valence-electron chi connectivity index (χ1n) is 7.28. The lowest BCUT2D eigenvalue weighted by Crippen LogP contribution is -2.48. The van der Waals surface area contributed by atoms with Crippen LogP contribution in [-0.4, -0.2) is 23.5 Å². The molecule has 2 aliphatic rings. The third-order valence-corrected chi connectivity index (χ3v) is 4.64. The van der Waals surface area contributed by atoms with Gasteiger partial charge in [0.1, 0.15) is 11.2 Å². The highest BCUT2D eigenvalue weighted by Crippen LogP contribution is 2.41. The third-order valence-electron chi connectivity index (χ3n) is 4.64. The van der Waals surface area contributed by atoms with Gasteiger partial charge >= 0.3 is 0 Å². The molecule has 2 N–H and O–H groups in total. The maximum Gasteiger partial charge on any atom is 0.102 e. The Bertz CT molecular complexity index is 473. The van der Waals surface area contributed by atoms with Crippen molar-refractivity contribution in [1.82, 2.24) is 4.90 Å². The van der Waals surface area contributed by atoms with Crippen LogP contribution in [0, 0.1) is 22.7 Å². The van der Waals surface area contributed by atoms with Crippen LogP contribution in [-0.2, 0) is 0 Å². The molecule has 0 aromatic rings. The predicted octanol–water partition coefficient (Wildman–Crippen LogP) is 3.11. The zero-order valence-electron chi connectivity index (χ0n) is 12.6. The van der Waals surface area contributed by atoms with Crippen molar-refractivity contribution in [2.75, 3.05) is 13.1 Å². The summed E-state index contributed by atoms with van der Waals surface area (Å²) in [5.41, 5.74) is 6.24. The topological polar surface area (TPSA) is 53.0 Å². The fourth-order valence-electron chi connectivity index (χ4n) is 3.26. The van der Waals surface area contributed by atoms with Gasteiger partial charge in [-0.2, -0.15) is 5.26 Å². The Labute approximate surface area is 120 Å². The smallest absolute Gasteiger partial charge is 0.102 e. The van der Waals surface area contributed by atoms with Gasteiger partial charge in [0.05, 0.1) is 6.07 Å². The van der Waals surface area contributed by atoms with E-state index in [0.29, 0.717) is 5.92 Å². The Hall–Kier alpha value is -1.34. The van der Waals surface area contributed by atoms with Crippen molar-refractivity contribution in [2.24, 2.45) is 17.1 Å². The zero-order chi connectivity index (χ0) is 15.0. The highest BCUT2D eigenvalue weighted by molar-refractivity contribution is 5.33. The van der Waals surface area contributed by atoms with E-state index in [0.717, 1.165) is 31.6 Å². The van der Waals surface area contributed by atoms with Crippen LogP contribution in [0.4, 0.5) is 4.39 Å². The Kier molecular flexibility index (Phi) is 3.93. The van der Waals surface area contributed by atoms with Crippen LogP contribution in [0.5, 0.6) is 0 Å². The van der Waals surface area contributed by atoms with Crippen molar-refractivity contribution in [1.29, 1.82) is 5.26 Å². The number of rotatable bonds is 2. The lowest BCUT2D eigenvalue weighted by Gasteiger charge is -2.43. The minimum Gasteiger partial charge on any atom is -0.373 e. The molecular weight excluding hydrogens is 253 g/mol. The molecule has 1 fully saturated rings. The van der Waals surface area contributed by atoms with Gasteiger partial charge in [-0.05, 0) is 51.7 Å². The van der Waals surface area contributed by atoms with Crippen LogP contribution in [0.15, 0.2) is 23.7 Å². The molecule has 0 radical (unpaired) electrons. The number of hydrogen-bond acceptors (Lipinski definition) is 3. The summed E-state index contributed by atoms with van der Waals surface area (Å²) in [5, 5.41) is 9.42. The van der Waals surface area contributed by atoms with Gasteiger partial charge < -0.3 is 10.6 Å².